The summed E-state index contributed by atoms with van der Waals surface area (Å²) in [5.74, 6) is 0.867. The molecule has 1 rings (SSSR count). The molecule has 19 heavy (non-hydrogen) atoms. The standard InChI is InChI=1S/C16H26FNO/c1-4-10-19-16-9-7-13(17)11-15(16)12(3)6-8-14(18)5-2/h7,9,11-12,14H,4-6,8,10,18H2,1-3H3. The minimum atomic E-state index is -0.203. The zero-order chi connectivity index (χ0) is 14.3. The number of nitrogens with two attached hydrogens (primary N) is 1. The Morgan fingerprint density at radius 1 is 1.26 bits per heavy atom. The van der Waals surface area contributed by atoms with E-state index in [1.165, 1.54) is 6.07 Å². The van der Waals surface area contributed by atoms with Crippen molar-refractivity contribution in [2.75, 3.05) is 6.61 Å². The summed E-state index contributed by atoms with van der Waals surface area (Å²) in [4.78, 5) is 0. The Balaban J connectivity index is 2.75. The third-order valence-corrected chi connectivity index (χ3v) is 3.46. The molecule has 3 heteroatoms. The van der Waals surface area contributed by atoms with Crippen molar-refractivity contribution < 1.29 is 9.13 Å². The topological polar surface area (TPSA) is 35.2 Å². The number of benzene rings is 1. The summed E-state index contributed by atoms with van der Waals surface area (Å²) in [6, 6.07) is 5.01. The van der Waals surface area contributed by atoms with Gasteiger partial charge in [0.2, 0.25) is 0 Å². The molecule has 0 aromatic heterocycles. The minimum absolute atomic E-state index is 0.203. The monoisotopic (exact) mass is 267 g/mol. The molecule has 0 amide bonds. The zero-order valence-electron chi connectivity index (χ0n) is 12.3. The molecule has 1 aromatic rings. The molecule has 0 aliphatic carbocycles. The molecule has 0 heterocycles. The molecule has 0 spiro atoms. The van der Waals surface area contributed by atoms with Crippen LogP contribution >= 0.6 is 0 Å². The van der Waals surface area contributed by atoms with E-state index in [1.807, 2.05) is 0 Å². The number of rotatable bonds is 8. The lowest BCUT2D eigenvalue weighted by atomic mass is 9.93. The Bertz CT molecular complexity index is 381. The molecule has 0 saturated carbocycles. The Morgan fingerprint density at radius 3 is 2.63 bits per heavy atom. The summed E-state index contributed by atoms with van der Waals surface area (Å²) in [5, 5.41) is 0. The molecule has 0 aliphatic heterocycles. The van der Waals surface area contributed by atoms with Crippen LogP contribution < -0.4 is 10.5 Å². The number of ether oxygens (including phenoxy) is 1. The number of hydrogen-bond acceptors (Lipinski definition) is 2. The predicted octanol–water partition coefficient (Wildman–Crippen LogP) is 4.24. The third kappa shape index (κ3) is 5.19. The van der Waals surface area contributed by atoms with Crippen LogP contribution in [0.4, 0.5) is 4.39 Å². The first-order valence-electron chi connectivity index (χ1n) is 7.26. The van der Waals surface area contributed by atoms with Gasteiger partial charge in [0.05, 0.1) is 6.61 Å². The summed E-state index contributed by atoms with van der Waals surface area (Å²) in [6.07, 6.45) is 3.85. The average molecular weight is 267 g/mol. The van der Waals surface area contributed by atoms with E-state index >= 15 is 0 Å². The van der Waals surface area contributed by atoms with E-state index in [9.17, 15) is 4.39 Å². The Morgan fingerprint density at radius 2 is 2.00 bits per heavy atom. The smallest absolute Gasteiger partial charge is 0.123 e. The molecule has 2 N–H and O–H groups in total. The summed E-state index contributed by atoms with van der Waals surface area (Å²) in [6.45, 7) is 6.93. The normalized spacial score (nSPS) is 14.2. The summed E-state index contributed by atoms with van der Waals surface area (Å²) in [5.41, 5.74) is 6.90. The molecular weight excluding hydrogens is 241 g/mol. The Labute approximate surface area is 116 Å². The molecule has 0 saturated heterocycles. The second-order valence-electron chi connectivity index (χ2n) is 5.18. The number of hydrogen-bond donors (Lipinski definition) is 1. The van der Waals surface area contributed by atoms with E-state index in [0.29, 0.717) is 6.61 Å². The third-order valence-electron chi connectivity index (χ3n) is 3.46. The molecule has 0 radical (unpaired) electrons. The van der Waals surface area contributed by atoms with Crippen LogP contribution in [0, 0.1) is 5.82 Å². The van der Waals surface area contributed by atoms with Crippen molar-refractivity contribution >= 4 is 0 Å². The summed E-state index contributed by atoms with van der Waals surface area (Å²) >= 11 is 0. The van der Waals surface area contributed by atoms with Crippen molar-refractivity contribution in [3.63, 3.8) is 0 Å². The lowest BCUT2D eigenvalue weighted by molar-refractivity contribution is 0.311. The minimum Gasteiger partial charge on any atom is -0.493 e. The first-order chi connectivity index (χ1) is 9.08. The van der Waals surface area contributed by atoms with Gasteiger partial charge in [0.25, 0.3) is 0 Å². The van der Waals surface area contributed by atoms with E-state index in [4.69, 9.17) is 10.5 Å². The van der Waals surface area contributed by atoms with Crippen LogP contribution in [0.3, 0.4) is 0 Å². The van der Waals surface area contributed by atoms with Crippen LogP contribution in [0.25, 0.3) is 0 Å². The van der Waals surface area contributed by atoms with Crippen molar-refractivity contribution in [3.8, 4) is 5.75 Å². The van der Waals surface area contributed by atoms with E-state index in [1.54, 1.807) is 12.1 Å². The van der Waals surface area contributed by atoms with E-state index in [2.05, 4.69) is 20.8 Å². The second kappa shape index (κ2) is 8.16. The Kier molecular flexibility index (Phi) is 6.85. The van der Waals surface area contributed by atoms with Gasteiger partial charge in [-0.3, -0.25) is 0 Å². The second-order valence-corrected chi connectivity index (χ2v) is 5.18. The van der Waals surface area contributed by atoms with Crippen LogP contribution in [0.15, 0.2) is 18.2 Å². The maximum Gasteiger partial charge on any atom is 0.123 e. The van der Waals surface area contributed by atoms with Gasteiger partial charge < -0.3 is 10.5 Å². The van der Waals surface area contributed by atoms with Crippen LogP contribution in [-0.4, -0.2) is 12.6 Å². The van der Waals surface area contributed by atoms with Crippen LogP contribution in [0.1, 0.15) is 57.9 Å². The fourth-order valence-electron chi connectivity index (χ4n) is 2.07. The van der Waals surface area contributed by atoms with Crippen LogP contribution in [-0.2, 0) is 0 Å². The highest BCUT2D eigenvalue weighted by Gasteiger charge is 2.14. The molecule has 2 nitrogen and oxygen atoms in total. The van der Waals surface area contributed by atoms with Crippen molar-refractivity contribution in [2.45, 2.75) is 58.4 Å². The maximum absolute atomic E-state index is 13.4. The first kappa shape index (κ1) is 16.0. The highest BCUT2D eigenvalue weighted by molar-refractivity contribution is 5.36. The molecule has 108 valence electrons. The van der Waals surface area contributed by atoms with E-state index in [0.717, 1.165) is 37.0 Å². The van der Waals surface area contributed by atoms with Gasteiger partial charge in [-0.25, -0.2) is 4.39 Å². The lowest BCUT2D eigenvalue weighted by Gasteiger charge is -2.18. The van der Waals surface area contributed by atoms with Crippen molar-refractivity contribution in [2.24, 2.45) is 5.73 Å². The fourth-order valence-corrected chi connectivity index (χ4v) is 2.07. The zero-order valence-corrected chi connectivity index (χ0v) is 12.3. The van der Waals surface area contributed by atoms with Crippen molar-refractivity contribution in [1.29, 1.82) is 0 Å². The molecule has 0 bridgehead atoms. The molecule has 2 atom stereocenters. The predicted molar refractivity (Wildman–Crippen MR) is 78.1 cm³/mol. The molecule has 0 aliphatic rings. The lowest BCUT2D eigenvalue weighted by Crippen LogP contribution is -2.19. The number of halogens is 1. The van der Waals surface area contributed by atoms with Crippen LogP contribution in [0.5, 0.6) is 5.75 Å². The quantitative estimate of drug-likeness (QED) is 0.764. The average Bonchev–Trinajstić information content (AvgIpc) is 2.42. The molecular formula is C16H26FNO. The molecule has 0 fully saturated rings. The SMILES string of the molecule is CCCOc1ccc(F)cc1C(C)CCC(N)CC. The van der Waals surface area contributed by atoms with Crippen molar-refractivity contribution in [1.82, 2.24) is 0 Å². The van der Waals surface area contributed by atoms with Gasteiger partial charge in [-0.2, -0.15) is 0 Å². The highest BCUT2D eigenvalue weighted by atomic mass is 19.1. The van der Waals surface area contributed by atoms with Gasteiger partial charge in [-0.1, -0.05) is 20.8 Å². The molecule has 1 aromatic carbocycles. The van der Waals surface area contributed by atoms with E-state index in [-0.39, 0.29) is 17.8 Å². The highest BCUT2D eigenvalue weighted by Crippen LogP contribution is 2.31. The largest absolute Gasteiger partial charge is 0.493 e. The maximum atomic E-state index is 13.4. The summed E-state index contributed by atoms with van der Waals surface area (Å²) in [7, 11) is 0. The van der Waals surface area contributed by atoms with Gasteiger partial charge in [0.1, 0.15) is 11.6 Å². The summed E-state index contributed by atoms with van der Waals surface area (Å²) < 4.78 is 19.1. The van der Waals surface area contributed by atoms with Gasteiger partial charge in [-0.15, -0.1) is 0 Å². The van der Waals surface area contributed by atoms with E-state index < -0.39 is 0 Å². The van der Waals surface area contributed by atoms with Gasteiger partial charge >= 0.3 is 0 Å². The van der Waals surface area contributed by atoms with Crippen molar-refractivity contribution in [3.05, 3.63) is 29.6 Å². The van der Waals surface area contributed by atoms with Gasteiger partial charge in [0.15, 0.2) is 0 Å². The van der Waals surface area contributed by atoms with Gasteiger partial charge in [0, 0.05) is 6.04 Å². The first-order valence-corrected chi connectivity index (χ1v) is 7.26. The van der Waals surface area contributed by atoms with Crippen LogP contribution in [0.2, 0.25) is 0 Å². The van der Waals surface area contributed by atoms with Gasteiger partial charge in [-0.05, 0) is 55.4 Å². The molecule has 2 unspecified atom stereocenters. The fraction of sp³-hybridized carbons (Fsp3) is 0.625. The Hall–Kier alpha value is -1.09.